The molecule has 0 fully saturated rings. The molecule has 0 unspecified atom stereocenters. The SMILES string of the molecule is CCOc1cc(CNCCC(=O)OC)ccc1OC. The number of hydrogen-bond acceptors (Lipinski definition) is 5. The predicted octanol–water partition coefficient (Wildman–Crippen LogP) is 1.75. The maximum absolute atomic E-state index is 10.9. The quantitative estimate of drug-likeness (QED) is 0.574. The van der Waals surface area contributed by atoms with Crippen LogP contribution in [0.25, 0.3) is 0 Å². The molecule has 5 nitrogen and oxygen atoms in total. The number of benzene rings is 1. The van der Waals surface area contributed by atoms with Crippen LogP contribution in [-0.2, 0) is 16.1 Å². The Morgan fingerprint density at radius 3 is 2.68 bits per heavy atom. The predicted molar refractivity (Wildman–Crippen MR) is 72.5 cm³/mol. The maximum atomic E-state index is 10.9. The van der Waals surface area contributed by atoms with Crippen LogP contribution < -0.4 is 14.8 Å². The molecule has 0 aliphatic carbocycles. The van der Waals surface area contributed by atoms with Crippen molar-refractivity contribution in [2.45, 2.75) is 19.9 Å². The molecule has 0 amide bonds. The van der Waals surface area contributed by atoms with E-state index in [4.69, 9.17) is 9.47 Å². The van der Waals surface area contributed by atoms with Crippen LogP contribution in [0.5, 0.6) is 11.5 Å². The molecule has 106 valence electrons. The molecule has 1 N–H and O–H groups in total. The van der Waals surface area contributed by atoms with E-state index in [2.05, 4.69) is 10.1 Å². The lowest BCUT2D eigenvalue weighted by atomic mass is 10.2. The van der Waals surface area contributed by atoms with Gasteiger partial charge in [-0.25, -0.2) is 0 Å². The fourth-order valence-electron chi connectivity index (χ4n) is 1.62. The van der Waals surface area contributed by atoms with Gasteiger partial charge in [-0.2, -0.15) is 0 Å². The van der Waals surface area contributed by atoms with Gasteiger partial charge in [-0.3, -0.25) is 4.79 Å². The van der Waals surface area contributed by atoms with E-state index in [1.807, 2.05) is 25.1 Å². The minimum absolute atomic E-state index is 0.211. The number of nitrogens with one attached hydrogen (secondary N) is 1. The Bertz CT molecular complexity index is 406. The third-order valence-electron chi connectivity index (χ3n) is 2.59. The summed E-state index contributed by atoms with van der Waals surface area (Å²) in [5.74, 6) is 1.25. The molecule has 0 saturated heterocycles. The summed E-state index contributed by atoms with van der Waals surface area (Å²) in [7, 11) is 3.01. The Labute approximate surface area is 113 Å². The Morgan fingerprint density at radius 2 is 2.05 bits per heavy atom. The average molecular weight is 267 g/mol. The Balaban J connectivity index is 2.49. The second-order valence-corrected chi connectivity index (χ2v) is 3.92. The fraction of sp³-hybridized carbons (Fsp3) is 0.500. The Morgan fingerprint density at radius 1 is 1.26 bits per heavy atom. The summed E-state index contributed by atoms with van der Waals surface area (Å²) in [4.78, 5) is 10.9. The molecular weight excluding hydrogens is 246 g/mol. The van der Waals surface area contributed by atoms with Crippen molar-refractivity contribution < 1.29 is 19.0 Å². The second kappa shape index (κ2) is 8.37. The van der Waals surface area contributed by atoms with Gasteiger partial charge in [0.15, 0.2) is 11.5 Å². The van der Waals surface area contributed by atoms with Crippen molar-refractivity contribution in [2.75, 3.05) is 27.4 Å². The topological polar surface area (TPSA) is 56.8 Å². The van der Waals surface area contributed by atoms with Gasteiger partial charge in [0.05, 0.1) is 27.2 Å². The molecule has 0 spiro atoms. The zero-order valence-electron chi connectivity index (χ0n) is 11.7. The van der Waals surface area contributed by atoms with Gasteiger partial charge in [0.2, 0.25) is 0 Å². The molecule has 19 heavy (non-hydrogen) atoms. The van der Waals surface area contributed by atoms with Crippen LogP contribution in [0.15, 0.2) is 18.2 Å². The number of carbonyl (C=O) groups excluding carboxylic acids is 1. The van der Waals surface area contributed by atoms with Crippen molar-refractivity contribution >= 4 is 5.97 Å². The van der Waals surface area contributed by atoms with Gasteiger partial charge in [0, 0.05) is 13.1 Å². The summed E-state index contributed by atoms with van der Waals surface area (Å²) >= 11 is 0. The van der Waals surface area contributed by atoms with Gasteiger partial charge in [-0.15, -0.1) is 0 Å². The number of ether oxygens (including phenoxy) is 3. The van der Waals surface area contributed by atoms with Crippen molar-refractivity contribution in [2.24, 2.45) is 0 Å². The number of carbonyl (C=O) groups is 1. The summed E-state index contributed by atoms with van der Waals surface area (Å²) in [6.07, 6.45) is 0.366. The Hall–Kier alpha value is -1.75. The van der Waals surface area contributed by atoms with E-state index >= 15 is 0 Å². The van der Waals surface area contributed by atoms with Crippen LogP contribution in [0.3, 0.4) is 0 Å². The lowest BCUT2D eigenvalue weighted by Gasteiger charge is -2.11. The number of rotatable bonds is 8. The smallest absolute Gasteiger partial charge is 0.306 e. The number of hydrogen-bond donors (Lipinski definition) is 1. The molecule has 5 heteroatoms. The molecule has 0 aliphatic rings. The molecule has 0 saturated carbocycles. The molecule has 0 bridgehead atoms. The van der Waals surface area contributed by atoms with E-state index in [1.165, 1.54) is 7.11 Å². The van der Waals surface area contributed by atoms with E-state index in [1.54, 1.807) is 7.11 Å². The van der Waals surface area contributed by atoms with Crippen LogP contribution in [-0.4, -0.2) is 33.3 Å². The first-order valence-corrected chi connectivity index (χ1v) is 6.28. The van der Waals surface area contributed by atoms with Gasteiger partial charge >= 0.3 is 5.97 Å². The molecule has 0 aromatic heterocycles. The van der Waals surface area contributed by atoms with Crippen molar-refractivity contribution in [3.63, 3.8) is 0 Å². The summed E-state index contributed by atoms with van der Waals surface area (Å²) in [5.41, 5.74) is 1.08. The average Bonchev–Trinajstić information content (AvgIpc) is 2.44. The van der Waals surface area contributed by atoms with Crippen molar-refractivity contribution in [1.82, 2.24) is 5.32 Å². The van der Waals surface area contributed by atoms with Crippen LogP contribution in [0, 0.1) is 0 Å². The third-order valence-corrected chi connectivity index (χ3v) is 2.59. The lowest BCUT2D eigenvalue weighted by Crippen LogP contribution is -2.18. The van der Waals surface area contributed by atoms with Crippen molar-refractivity contribution in [1.29, 1.82) is 0 Å². The minimum atomic E-state index is -0.211. The standard InChI is InChI=1S/C14H21NO4/c1-4-19-13-9-11(5-6-12(13)17-2)10-15-8-7-14(16)18-3/h5-6,9,15H,4,7-8,10H2,1-3H3. The zero-order valence-corrected chi connectivity index (χ0v) is 11.7. The molecule has 1 aromatic rings. The minimum Gasteiger partial charge on any atom is -0.493 e. The van der Waals surface area contributed by atoms with Crippen molar-refractivity contribution in [3.05, 3.63) is 23.8 Å². The highest BCUT2D eigenvalue weighted by Crippen LogP contribution is 2.27. The first-order chi connectivity index (χ1) is 9.21. The van der Waals surface area contributed by atoms with Crippen molar-refractivity contribution in [3.8, 4) is 11.5 Å². The van der Waals surface area contributed by atoms with Crippen LogP contribution in [0.4, 0.5) is 0 Å². The van der Waals surface area contributed by atoms with Gasteiger partial charge in [0.25, 0.3) is 0 Å². The van der Waals surface area contributed by atoms with E-state index in [0.29, 0.717) is 26.1 Å². The first kappa shape index (κ1) is 15.3. The molecule has 1 rings (SSSR count). The highest BCUT2D eigenvalue weighted by atomic mass is 16.5. The van der Waals surface area contributed by atoms with Crippen LogP contribution in [0.1, 0.15) is 18.9 Å². The molecule has 0 aliphatic heterocycles. The van der Waals surface area contributed by atoms with E-state index in [-0.39, 0.29) is 5.97 Å². The highest BCUT2D eigenvalue weighted by molar-refractivity contribution is 5.69. The normalized spacial score (nSPS) is 10.1. The number of esters is 1. The summed E-state index contributed by atoms with van der Waals surface area (Å²) in [5, 5.41) is 3.18. The first-order valence-electron chi connectivity index (χ1n) is 6.28. The summed E-state index contributed by atoms with van der Waals surface area (Å²) in [6.45, 7) is 3.78. The molecule has 0 heterocycles. The Kier molecular flexibility index (Phi) is 6.74. The monoisotopic (exact) mass is 267 g/mol. The second-order valence-electron chi connectivity index (χ2n) is 3.92. The van der Waals surface area contributed by atoms with E-state index < -0.39 is 0 Å². The van der Waals surface area contributed by atoms with Gasteiger partial charge in [-0.05, 0) is 24.6 Å². The fourth-order valence-corrected chi connectivity index (χ4v) is 1.62. The highest BCUT2D eigenvalue weighted by Gasteiger charge is 2.05. The summed E-state index contributed by atoms with van der Waals surface area (Å²) < 4.78 is 15.3. The molecule has 0 atom stereocenters. The van der Waals surface area contributed by atoms with Crippen LogP contribution >= 0.6 is 0 Å². The molecular formula is C14H21NO4. The van der Waals surface area contributed by atoms with E-state index in [0.717, 1.165) is 17.1 Å². The van der Waals surface area contributed by atoms with Crippen LogP contribution in [0.2, 0.25) is 0 Å². The third kappa shape index (κ3) is 5.18. The summed E-state index contributed by atoms with van der Waals surface area (Å²) in [6, 6.07) is 5.78. The van der Waals surface area contributed by atoms with Gasteiger partial charge in [0.1, 0.15) is 0 Å². The molecule has 0 radical (unpaired) electrons. The largest absolute Gasteiger partial charge is 0.493 e. The zero-order chi connectivity index (χ0) is 14.1. The molecule has 1 aromatic carbocycles. The lowest BCUT2D eigenvalue weighted by molar-refractivity contribution is -0.140. The number of methoxy groups -OCH3 is 2. The van der Waals surface area contributed by atoms with Gasteiger partial charge in [-0.1, -0.05) is 6.07 Å². The van der Waals surface area contributed by atoms with E-state index in [9.17, 15) is 4.79 Å². The van der Waals surface area contributed by atoms with Gasteiger partial charge < -0.3 is 19.5 Å². The maximum Gasteiger partial charge on any atom is 0.306 e.